The van der Waals surface area contributed by atoms with Gasteiger partial charge in [-0.3, -0.25) is 0 Å². The van der Waals surface area contributed by atoms with E-state index in [4.69, 9.17) is 4.74 Å². The summed E-state index contributed by atoms with van der Waals surface area (Å²) in [5, 5.41) is 3.23. The molecule has 0 unspecified atom stereocenters. The van der Waals surface area contributed by atoms with Crippen molar-refractivity contribution in [3.63, 3.8) is 0 Å². The summed E-state index contributed by atoms with van der Waals surface area (Å²) in [6.45, 7) is 0.809. The monoisotopic (exact) mass is 193 g/mol. The van der Waals surface area contributed by atoms with E-state index in [9.17, 15) is 4.39 Å². The van der Waals surface area contributed by atoms with E-state index in [1.807, 2.05) is 0 Å². The Morgan fingerprint density at radius 3 is 2.93 bits per heavy atom. The zero-order valence-corrected chi connectivity index (χ0v) is 7.85. The summed E-state index contributed by atoms with van der Waals surface area (Å²) in [6, 6.07) is 4.63. The Hall–Kier alpha value is -1.25. The molecule has 0 aromatic heterocycles. The first-order chi connectivity index (χ1) is 6.77. The molecule has 1 aromatic rings. The van der Waals surface area contributed by atoms with Gasteiger partial charge in [-0.15, -0.1) is 0 Å². The lowest BCUT2D eigenvalue weighted by molar-refractivity contribution is 0.000116. The van der Waals surface area contributed by atoms with E-state index in [-0.39, 0.29) is 11.4 Å². The average Bonchev–Trinajstić information content (AvgIpc) is 2.15. The highest BCUT2D eigenvalue weighted by atomic mass is 19.1. The van der Waals surface area contributed by atoms with Crippen LogP contribution in [0.4, 0.5) is 10.1 Å². The second-order valence-electron chi connectivity index (χ2n) is 4.13. The molecule has 14 heavy (non-hydrogen) atoms. The number of halogens is 1. The van der Waals surface area contributed by atoms with E-state index >= 15 is 0 Å². The third kappa shape index (κ3) is 1.08. The maximum Gasteiger partial charge on any atom is 0.143 e. The SMILES string of the molecule is Fc1ccc2c(c1)NCC1(CCC1)O2. The van der Waals surface area contributed by atoms with Gasteiger partial charge in [-0.05, 0) is 31.4 Å². The first-order valence-corrected chi connectivity index (χ1v) is 5.00. The topological polar surface area (TPSA) is 21.3 Å². The second kappa shape index (κ2) is 2.62. The van der Waals surface area contributed by atoms with Crippen molar-refractivity contribution in [1.82, 2.24) is 0 Å². The maximum atomic E-state index is 12.9. The van der Waals surface area contributed by atoms with Crippen molar-refractivity contribution < 1.29 is 9.13 Å². The Morgan fingerprint density at radius 1 is 1.36 bits per heavy atom. The van der Waals surface area contributed by atoms with Gasteiger partial charge in [0.1, 0.15) is 17.2 Å². The van der Waals surface area contributed by atoms with Gasteiger partial charge in [0, 0.05) is 6.07 Å². The van der Waals surface area contributed by atoms with E-state index < -0.39 is 0 Å². The van der Waals surface area contributed by atoms with Gasteiger partial charge in [-0.1, -0.05) is 0 Å². The number of nitrogens with one attached hydrogen (secondary N) is 1. The van der Waals surface area contributed by atoms with Crippen molar-refractivity contribution in [1.29, 1.82) is 0 Å². The molecule has 1 N–H and O–H groups in total. The largest absolute Gasteiger partial charge is 0.483 e. The van der Waals surface area contributed by atoms with Crippen molar-refractivity contribution in [2.75, 3.05) is 11.9 Å². The first-order valence-electron chi connectivity index (χ1n) is 5.00. The van der Waals surface area contributed by atoms with Crippen LogP contribution in [0, 0.1) is 5.82 Å². The van der Waals surface area contributed by atoms with Gasteiger partial charge >= 0.3 is 0 Å². The Labute approximate surface area is 82.1 Å². The number of fused-ring (bicyclic) bond motifs is 1. The van der Waals surface area contributed by atoms with Crippen molar-refractivity contribution >= 4 is 5.69 Å². The molecule has 0 saturated heterocycles. The molecule has 1 spiro atoms. The van der Waals surface area contributed by atoms with Crippen LogP contribution in [0.15, 0.2) is 18.2 Å². The third-order valence-corrected chi connectivity index (χ3v) is 3.13. The van der Waals surface area contributed by atoms with Gasteiger partial charge in [0.25, 0.3) is 0 Å². The van der Waals surface area contributed by atoms with Gasteiger partial charge in [0.05, 0.1) is 12.2 Å². The zero-order chi connectivity index (χ0) is 9.60. The van der Waals surface area contributed by atoms with Gasteiger partial charge in [0.15, 0.2) is 0 Å². The summed E-state index contributed by atoms with van der Waals surface area (Å²) in [7, 11) is 0. The van der Waals surface area contributed by atoms with Crippen molar-refractivity contribution in [3.8, 4) is 5.75 Å². The molecule has 1 aliphatic carbocycles. The van der Waals surface area contributed by atoms with Crippen LogP contribution in [0.2, 0.25) is 0 Å². The Morgan fingerprint density at radius 2 is 2.21 bits per heavy atom. The highest BCUT2D eigenvalue weighted by Crippen LogP contribution is 2.42. The molecule has 1 saturated carbocycles. The van der Waals surface area contributed by atoms with Crippen LogP contribution in [-0.4, -0.2) is 12.1 Å². The average molecular weight is 193 g/mol. The summed E-state index contributed by atoms with van der Waals surface area (Å²) in [6.07, 6.45) is 3.45. The summed E-state index contributed by atoms with van der Waals surface area (Å²) in [5.74, 6) is 0.571. The highest BCUT2D eigenvalue weighted by molar-refractivity contribution is 5.58. The van der Waals surface area contributed by atoms with Crippen LogP contribution in [0.25, 0.3) is 0 Å². The van der Waals surface area contributed by atoms with Crippen LogP contribution < -0.4 is 10.1 Å². The van der Waals surface area contributed by atoms with E-state index in [1.54, 1.807) is 6.07 Å². The highest BCUT2D eigenvalue weighted by Gasteiger charge is 2.42. The van der Waals surface area contributed by atoms with Crippen molar-refractivity contribution in [2.45, 2.75) is 24.9 Å². The van der Waals surface area contributed by atoms with Gasteiger partial charge < -0.3 is 10.1 Å². The summed E-state index contributed by atoms with van der Waals surface area (Å²) in [4.78, 5) is 0. The lowest BCUT2D eigenvalue weighted by Gasteiger charge is -2.45. The minimum absolute atomic E-state index is 0.00479. The molecule has 1 aromatic carbocycles. The molecule has 2 aliphatic rings. The lowest BCUT2D eigenvalue weighted by Crippen LogP contribution is -2.51. The number of ether oxygens (including phenoxy) is 1. The molecule has 0 radical (unpaired) electrons. The third-order valence-electron chi connectivity index (χ3n) is 3.13. The fourth-order valence-electron chi connectivity index (χ4n) is 2.10. The van der Waals surface area contributed by atoms with E-state index in [1.165, 1.54) is 18.6 Å². The molecule has 74 valence electrons. The van der Waals surface area contributed by atoms with E-state index in [0.29, 0.717) is 0 Å². The van der Waals surface area contributed by atoms with Gasteiger partial charge in [-0.25, -0.2) is 4.39 Å². The molecule has 0 amide bonds. The van der Waals surface area contributed by atoms with Crippen LogP contribution >= 0.6 is 0 Å². The smallest absolute Gasteiger partial charge is 0.143 e. The fraction of sp³-hybridized carbons (Fsp3) is 0.455. The van der Waals surface area contributed by atoms with Gasteiger partial charge in [-0.2, -0.15) is 0 Å². The standard InChI is InChI=1S/C11H12FNO/c12-8-2-3-10-9(6-8)13-7-11(14-10)4-1-5-11/h2-3,6,13H,1,4-5,7H2. The predicted molar refractivity (Wildman–Crippen MR) is 52.1 cm³/mol. The van der Waals surface area contributed by atoms with Crippen molar-refractivity contribution in [2.24, 2.45) is 0 Å². The number of hydrogen-bond donors (Lipinski definition) is 1. The quantitative estimate of drug-likeness (QED) is 0.683. The van der Waals surface area contributed by atoms with Crippen LogP contribution in [-0.2, 0) is 0 Å². The Kier molecular flexibility index (Phi) is 1.52. The maximum absolute atomic E-state index is 12.9. The van der Waals surface area contributed by atoms with E-state index in [0.717, 1.165) is 30.8 Å². The van der Waals surface area contributed by atoms with Crippen LogP contribution in [0.1, 0.15) is 19.3 Å². The second-order valence-corrected chi connectivity index (χ2v) is 4.13. The van der Waals surface area contributed by atoms with Crippen molar-refractivity contribution in [3.05, 3.63) is 24.0 Å². The minimum atomic E-state index is -0.218. The molecule has 0 bridgehead atoms. The molecular weight excluding hydrogens is 181 g/mol. The summed E-state index contributed by atoms with van der Waals surface area (Å²) in [5.41, 5.74) is 0.785. The predicted octanol–water partition coefficient (Wildman–Crippen LogP) is 2.55. The number of anilines is 1. The molecular formula is C11H12FNO. The number of benzene rings is 1. The zero-order valence-electron chi connectivity index (χ0n) is 7.85. The number of hydrogen-bond acceptors (Lipinski definition) is 2. The fourth-order valence-corrected chi connectivity index (χ4v) is 2.10. The molecule has 2 nitrogen and oxygen atoms in total. The normalized spacial score (nSPS) is 21.8. The number of rotatable bonds is 0. The van der Waals surface area contributed by atoms with Crippen LogP contribution in [0.5, 0.6) is 5.75 Å². The molecule has 1 heterocycles. The summed E-state index contributed by atoms with van der Waals surface area (Å²) < 4.78 is 18.8. The van der Waals surface area contributed by atoms with Crippen LogP contribution in [0.3, 0.4) is 0 Å². The minimum Gasteiger partial charge on any atom is -0.483 e. The molecule has 1 fully saturated rings. The van der Waals surface area contributed by atoms with Gasteiger partial charge in [0.2, 0.25) is 0 Å². The molecule has 1 aliphatic heterocycles. The molecule has 3 rings (SSSR count). The molecule has 3 heteroatoms. The first kappa shape index (κ1) is 8.09. The summed E-state index contributed by atoms with van der Waals surface area (Å²) >= 11 is 0. The molecule has 0 atom stereocenters. The Bertz CT molecular complexity index is 374. The Balaban J connectivity index is 1.94. The lowest BCUT2D eigenvalue weighted by atomic mass is 9.79. The van der Waals surface area contributed by atoms with E-state index in [2.05, 4.69) is 5.32 Å².